The summed E-state index contributed by atoms with van der Waals surface area (Å²) in [6.45, 7) is 13.9. The van der Waals surface area contributed by atoms with Gasteiger partial charge < -0.3 is 18.9 Å². The molecule has 2 heterocycles. The fourth-order valence-corrected chi connectivity index (χ4v) is 3.66. The molecule has 2 rings (SSSR count). The molecule has 0 bridgehead atoms. The molecule has 25 heavy (non-hydrogen) atoms. The first-order valence-electron chi connectivity index (χ1n) is 9.21. The molecule has 0 aromatic carbocycles. The summed E-state index contributed by atoms with van der Waals surface area (Å²) in [5, 5.41) is 0. The number of ether oxygens (including phenoxy) is 4. The highest BCUT2D eigenvalue weighted by Crippen LogP contribution is 2.47. The Balaban J connectivity index is 2.31. The largest absolute Gasteiger partial charge is 0.435 e. The van der Waals surface area contributed by atoms with Gasteiger partial charge in [0.1, 0.15) is 5.78 Å². The molecule has 2 saturated heterocycles. The number of Topliss-reactive ketones (excluding diaryl/α,β-unsaturated/α-hetero) is 1. The van der Waals surface area contributed by atoms with Crippen molar-refractivity contribution in [2.45, 2.75) is 73.1 Å². The van der Waals surface area contributed by atoms with E-state index in [1.807, 2.05) is 27.7 Å². The maximum Gasteiger partial charge on any atom is 0.313 e. The Labute approximate surface area is 150 Å². The molecule has 0 aromatic rings. The van der Waals surface area contributed by atoms with Gasteiger partial charge in [-0.05, 0) is 20.8 Å². The third kappa shape index (κ3) is 3.76. The molecule has 1 unspecified atom stereocenters. The lowest BCUT2D eigenvalue weighted by Crippen LogP contribution is -2.62. The summed E-state index contributed by atoms with van der Waals surface area (Å²) in [7, 11) is 0. The van der Waals surface area contributed by atoms with Crippen molar-refractivity contribution in [3.63, 3.8) is 0 Å². The van der Waals surface area contributed by atoms with E-state index in [1.165, 1.54) is 0 Å². The van der Waals surface area contributed by atoms with Crippen LogP contribution in [0, 0.1) is 23.2 Å². The topological polar surface area (TPSA) is 71.1 Å². The lowest BCUT2D eigenvalue weighted by molar-refractivity contribution is -0.348. The van der Waals surface area contributed by atoms with Gasteiger partial charge in [0.2, 0.25) is 6.29 Å². The van der Waals surface area contributed by atoms with E-state index >= 15 is 0 Å². The van der Waals surface area contributed by atoms with Crippen molar-refractivity contribution in [1.82, 2.24) is 0 Å². The third-order valence-corrected chi connectivity index (χ3v) is 5.38. The van der Waals surface area contributed by atoms with E-state index in [-0.39, 0.29) is 29.5 Å². The predicted octanol–water partition coefficient (Wildman–Crippen LogP) is 2.93. The molecule has 1 spiro atoms. The maximum absolute atomic E-state index is 12.4. The Morgan fingerprint density at radius 3 is 2.20 bits per heavy atom. The van der Waals surface area contributed by atoms with Crippen LogP contribution in [0.15, 0.2) is 0 Å². The van der Waals surface area contributed by atoms with Gasteiger partial charge in [0.25, 0.3) is 0 Å². The maximum atomic E-state index is 12.4. The quantitative estimate of drug-likeness (QED) is 0.721. The van der Waals surface area contributed by atoms with Gasteiger partial charge in [0.15, 0.2) is 5.79 Å². The van der Waals surface area contributed by atoms with Gasteiger partial charge in [-0.25, -0.2) is 0 Å². The number of hydrogen-bond donors (Lipinski definition) is 0. The lowest BCUT2D eigenvalue weighted by Gasteiger charge is -2.50. The van der Waals surface area contributed by atoms with Gasteiger partial charge in [-0.2, -0.15) is 0 Å². The zero-order chi connectivity index (χ0) is 19.0. The predicted molar refractivity (Wildman–Crippen MR) is 91.6 cm³/mol. The normalized spacial score (nSPS) is 33.2. The SMILES string of the molecule is CCC(=O)[C@@H](C)[C@H]1OC(OC(=O)C(C)(C)C)[C@@H](C)C2(OCCO2)[C@H]1C. The van der Waals surface area contributed by atoms with Crippen LogP contribution in [0.2, 0.25) is 0 Å². The number of hydrogen-bond acceptors (Lipinski definition) is 6. The average Bonchev–Trinajstić information content (AvgIpc) is 3.04. The molecule has 0 radical (unpaired) electrons. The van der Waals surface area contributed by atoms with Crippen LogP contribution in [-0.2, 0) is 28.5 Å². The summed E-state index contributed by atoms with van der Waals surface area (Å²) in [4.78, 5) is 24.6. The number of ketones is 1. The number of carbonyl (C=O) groups excluding carboxylic acids is 2. The molecular weight excluding hydrogens is 324 g/mol. The van der Waals surface area contributed by atoms with Gasteiger partial charge in [-0.3, -0.25) is 9.59 Å². The van der Waals surface area contributed by atoms with Crippen LogP contribution in [0.1, 0.15) is 54.9 Å². The Morgan fingerprint density at radius 2 is 1.72 bits per heavy atom. The average molecular weight is 356 g/mol. The summed E-state index contributed by atoms with van der Waals surface area (Å²) in [5.41, 5.74) is -0.642. The van der Waals surface area contributed by atoms with E-state index < -0.39 is 23.6 Å². The molecular formula is C19H32O6. The second-order valence-electron chi connectivity index (χ2n) is 8.23. The van der Waals surface area contributed by atoms with Crippen molar-refractivity contribution in [3.05, 3.63) is 0 Å². The molecule has 0 aromatic heterocycles. The fraction of sp³-hybridized carbons (Fsp3) is 0.895. The van der Waals surface area contributed by atoms with Crippen molar-refractivity contribution in [2.24, 2.45) is 23.2 Å². The summed E-state index contributed by atoms with van der Waals surface area (Å²) < 4.78 is 23.8. The molecule has 6 heteroatoms. The summed E-state index contributed by atoms with van der Waals surface area (Å²) in [6, 6.07) is 0. The Kier molecular flexibility index (Phi) is 5.96. The van der Waals surface area contributed by atoms with Crippen molar-refractivity contribution in [3.8, 4) is 0 Å². The van der Waals surface area contributed by atoms with Crippen LogP contribution in [0.3, 0.4) is 0 Å². The van der Waals surface area contributed by atoms with Gasteiger partial charge >= 0.3 is 5.97 Å². The van der Waals surface area contributed by atoms with E-state index in [2.05, 4.69) is 0 Å². The Bertz CT molecular complexity index is 503. The third-order valence-electron chi connectivity index (χ3n) is 5.38. The molecule has 0 saturated carbocycles. The molecule has 0 amide bonds. The first kappa shape index (κ1) is 20.3. The van der Waals surface area contributed by atoms with Gasteiger partial charge in [0, 0.05) is 18.3 Å². The second kappa shape index (κ2) is 7.33. The van der Waals surface area contributed by atoms with E-state index in [4.69, 9.17) is 18.9 Å². The van der Waals surface area contributed by atoms with Crippen LogP contribution in [0.5, 0.6) is 0 Å². The molecule has 2 aliphatic heterocycles. The van der Waals surface area contributed by atoms with Crippen molar-refractivity contribution < 1.29 is 28.5 Å². The second-order valence-corrected chi connectivity index (χ2v) is 8.23. The van der Waals surface area contributed by atoms with E-state index in [9.17, 15) is 9.59 Å². The van der Waals surface area contributed by atoms with Crippen molar-refractivity contribution in [1.29, 1.82) is 0 Å². The molecule has 0 N–H and O–H groups in total. The van der Waals surface area contributed by atoms with Crippen LogP contribution >= 0.6 is 0 Å². The van der Waals surface area contributed by atoms with Crippen LogP contribution in [-0.4, -0.2) is 43.1 Å². The van der Waals surface area contributed by atoms with Crippen molar-refractivity contribution >= 4 is 11.8 Å². The van der Waals surface area contributed by atoms with Gasteiger partial charge in [-0.1, -0.05) is 27.7 Å². The minimum Gasteiger partial charge on any atom is -0.435 e. The molecule has 0 aliphatic carbocycles. The highest BCUT2D eigenvalue weighted by Gasteiger charge is 2.59. The molecule has 2 fully saturated rings. The van der Waals surface area contributed by atoms with Crippen LogP contribution < -0.4 is 0 Å². The van der Waals surface area contributed by atoms with E-state index in [0.29, 0.717) is 19.6 Å². The summed E-state index contributed by atoms with van der Waals surface area (Å²) in [6.07, 6.45) is -0.803. The lowest BCUT2D eigenvalue weighted by atomic mass is 9.76. The number of esters is 1. The standard InChI is InChI=1S/C19H32O6/c1-8-14(20)11(2)15-12(3)19(22-9-10-23-19)13(4)16(24-15)25-17(21)18(5,6)7/h11-13,15-16H,8-10H2,1-7H3/t11-,12+,13-,15-,16?/m1/s1. The Morgan fingerprint density at radius 1 is 1.16 bits per heavy atom. The van der Waals surface area contributed by atoms with Crippen LogP contribution in [0.4, 0.5) is 0 Å². The highest BCUT2D eigenvalue weighted by molar-refractivity contribution is 5.81. The fourth-order valence-electron chi connectivity index (χ4n) is 3.66. The summed E-state index contributed by atoms with van der Waals surface area (Å²) >= 11 is 0. The smallest absolute Gasteiger partial charge is 0.313 e. The zero-order valence-corrected chi connectivity index (χ0v) is 16.5. The number of rotatable bonds is 4. The van der Waals surface area contributed by atoms with Crippen LogP contribution in [0.25, 0.3) is 0 Å². The van der Waals surface area contributed by atoms with Gasteiger partial charge in [-0.15, -0.1) is 0 Å². The first-order chi connectivity index (χ1) is 11.5. The number of carbonyl (C=O) groups is 2. The molecule has 144 valence electrons. The van der Waals surface area contributed by atoms with E-state index in [0.717, 1.165) is 0 Å². The molecule has 5 atom stereocenters. The summed E-state index contributed by atoms with van der Waals surface area (Å²) in [5.74, 6) is -1.90. The van der Waals surface area contributed by atoms with Gasteiger partial charge in [0.05, 0.1) is 30.7 Å². The zero-order valence-electron chi connectivity index (χ0n) is 16.5. The molecule has 6 nitrogen and oxygen atoms in total. The van der Waals surface area contributed by atoms with E-state index in [1.54, 1.807) is 20.8 Å². The first-order valence-corrected chi connectivity index (χ1v) is 9.21. The monoisotopic (exact) mass is 356 g/mol. The highest BCUT2D eigenvalue weighted by atomic mass is 16.8. The van der Waals surface area contributed by atoms with Crippen molar-refractivity contribution in [2.75, 3.05) is 13.2 Å². The minimum absolute atomic E-state index is 0.112. The Hall–Kier alpha value is -0.980. The minimum atomic E-state index is -0.895. The molecule has 2 aliphatic rings.